The van der Waals surface area contributed by atoms with Crippen molar-refractivity contribution in [2.75, 3.05) is 37.6 Å². The average Bonchev–Trinajstić information content (AvgIpc) is 3.27. The molecule has 3 aromatic rings. The van der Waals surface area contributed by atoms with Crippen LogP contribution in [0.2, 0.25) is 5.02 Å². The highest BCUT2D eigenvalue weighted by Gasteiger charge is 2.22. The van der Waals surface area contributed by atoms with Crippen LogP contribution in [-0.4, -0.2) is 64.4 Å². The lowest BCUT2D eigenvalue weighted by atomic mass is 10.2. The molecule has 4 rings (SSSR count). The molecular formula is C22H23ClN6O2. The zero-order valence-corrected chi connectivity index (χ0v) is 17.7. The van der Waals surface area contributed by atoms with Crippen LogP contribution in [0.25, 0.3) is 0 Å². The summed E-state index contributed by atoms with van der Waals surface area (Å²) in [4.78, 5) is 28.8. The summed E-state index contributed by atoms with van der Waals surface area (Å²) in [5.41, 5.74) is 2.34. The number of rotatable bonds is 6. The van der Waals surface area contributed by atoms with E-state index in [2.05, 4.69) is 20.5 Å². The monoisotopic (exact) mass is 438 g/mol. The van der Waals surface area contributed by atoms with Crippen LogP contribution in [0.15, 0.2) is 60.8 Å². The van der Waals surface area contributed by atoms with E-state index in [-0.39, 0.29) is 18.1 Å². The minimum Gasteiger partial charge on any atom is -0.368 e. The number of nitrogens with one attached hydrogen (secondary N) is 1. The molecule has 1 fully saturated rings. The van der Waals surface area contributed by atoms with E-state index in [1.165, 1.54) is 0 Å². The van der Waals surface area contributed by atoms with Crippen LogP contribution in [0, 0.1) is 0 Å². The van der Waals surface area contributed by atoms with Gasteiger partial charge in [-0.25, -0.2) is 4.68 Å². The van der Waals surface area contributed by atoms with Gasteiger partial charge in [0, 0.05) is 36.9 Å². The third-order valence-corrected chi connectivity index (χ3v) is 5.43. The molecule has 0 radical (unpaired) electrons. The van der Waals surface area contributed by atoms with Gasteiger partial charge in [-0.3, -0.25) is 9.59 Å². The van der Waals surface area contributed by atoms with Gasteiger partial charge in [-0.05, 0) is 29.8 Å². The molecule has 9 heteroatoms. The largest absolute Gasteiger partial charge is 0.368 e. The Morgan fingerprint density at radius 2 is 1.68 bits per heavy atom. The number of hydrogen-bond donors (Lipinski definition) is 1. The van der Waals surface area contributed by atoms with Gasteiger partial charge >= 0.3 is 0 Å². The lowest BCUT2D eigenvalue weighted by Crippen LogP contribution is -2.51. The summed E-state index contributed by atoms with van der Waals surface area (Å²) in [5.74, 6) is -0.520. The van der Waals surface area contributed by atoms with E-state index in [1.54, 1.807) is 15.8 Å². The molecule has 2 heterocycles. The van der Waals surface area contributed by atoms with Crippen LogP contribution in [0.3, 0.4) is 0 Å². The Hall–Kier alpha value is -3.39. The van der Waals surface area contributed by atoms with Crippen molar-refractivity contribution in [3.63, 3.8) is 0 Å². The van der Waals surface area contributed by atoms with Gasteiger partial charge in [0.25, 0.3) is 5.91 Å². The molecule has 160 valence electrons. The first-order chi connectivity index (χ1) is 15.1. The average molecular weight is 439 g/mol. The molecule has 0 atom stereocenters. The second kappa shape index (κ2) is 9.61. The predicted octanol–water partition coefficient (Wildman–Crippen LogP) is 2.06. The van der Waals surface area contributed by atoms with Crippen LogP contribution >= 0.6 is 11.6 Å². The summed E-state index contributed by atoms with van der Waals surface area (Å²) in [6.07, 6.45) is 1.58. The molecule has 0 bridgehead atoms. The van der Waals surface area contributed by atoms with Crippen molar-refractivity contribution in [2.24, 2.45) is 0 Å². The van der Waals surface area contributed by atoms with Crippen molar-refractivity contribution in [1.29, 1.82) is 0 Å². The highest BCUT2D eigenvalue weighted by molar-refractivity contribution is 6.30. The Morgan fingerprint density at radius 3 is 2.39 bits per heavy atom. The van der Waals surface area contributed by atoms with Crippen LogP contribution in [-0.2, 0) is 11.3 Å². The van der Waals surface area contributed by atoms with Gasteiger partial charge in [0.1, 0.15) is 0 Å². The summed E-state index contributed by atoms with van der Waals surface area (Å²) in [6, 6.07) is 17.5. The molecule has 1 aliphatic heterocycles. The van der Waals surface area contributed by atoms with Crippen molar-refractivity contribution in [2.45, 2.75) is 6.54 Å². The number of carbonyl (C=O) groups excluding carboxylic acids is 2. The molecule has 1 saturated heterocycles. The zero-order valence-electron chi connectivity index (χ0n) is 16.9. The van der Waals surface area contributed by atoms with E-state index in [1.807, 2.05) is 54.6 Å². The highest BCUT2D eigenvalue weighted by Crippen LogP contribution is 2.19. The fourth-order valence-corrected chi connectivity index (χ4v) is 3.60. The van der Waals surface area contributed by atoms with Crippen LogP contribution in [0.5, 0.6) is 0 Å². The zero-order chi connectivity index (χ0) is 21.6. The molecule has 8 nitrogen and oxygen atoms in total. The number of piperazine rings is 1. The number of aromatic nitrogens is 3. The van der Waals surface area contributed by atoms with E-state index in [9.17, 15) is 9.59 Å². The minimum absolute atomic E-state index is 0.0642. The number of anilines is 1. The van der Waals surface area contributed by atoms with Gasteiger partial charge in [0.05, 0.1) is 19.3 Å². The highest BCUT2D eigenvalue weighted by atomic mass is 35.5. The summed E-state index contributed by atoms with van der Waals surface area (Å²) in [7, 11) is 0. The van der Waals surface area contributed by atoms with Gasteiger partial charge in [0.2, 0.25) is 5.91 Å². The molecule has 1 aliphatic rings. The Balaban J connectivity index is 1.23. The maximum Gasteiger partial charge on any atom is 0.273 e. The predicted molar refractivity (Wildman–Crippen MR) is 118 cm³/mol. The Kier molecular flexibility index (Phi) is 6.47. The first-order valence-corrected chi connectivity index (χ1v) is 10.5. The van der Waals surface area contributed by atoms with Crippen LogP contribution in [0.1, 0.15) is 16.1 Å². The lowest BCUT2D eigenvalue weighted by Gasteiger charge is -2.36. The van der Waals surface area contributed by atoms with Crippen molar-refractivity contribution >= 4 is 29.1 Å². The number of amides is 2. The van der Waals surface area contributed by atoms with E-state index in [4.69, 9.17) is 11.6 Å². The van der Waals surface area contributed by atoms with E-state index >= 15 is 0 Å². The van der Waals surface area contributed by atoms with Gasteiger partial charge in [-0.2, -0.15) is 0 Å². The maximum absolute atomic E-state index is 12.5. The molecule has 1 N–H and O–H groups in total. The quantitative estimate of drug-likeness (QED) is 0.637. The summed E-state index contributed by atoms with van der Waals surface area (Å²) in [5, 5.41) is 11.3. The summed E-state index contributed by atoms with van der Waals surface area (Å²) in [6.45, 7) is 3.13. The fraction of sp³-hybridized carbons (Fsp3) is 0.273. The SMILES string of the molecule is O=C(NCC(=O)N1CCN(c2ccc(Cl)cc2)CC1)c1cn(Cc2ccccc2)nn1. The fourth-order valence-electron chi connectivity index (χ4n) is 3.47. The number of hydrogen-bond acceptors (Lipinski definition) is 5. The summed E-state index contributed by atoms with van der Waals surface area (Å²) >= 11 is 5.94. The molecule has 0 aliphatic carbocycles. The standard InChI is InChI=1S/C22H23ClN6O2/c23-18-6-8-19(9-7-18)27-10-12-28(13-11-27)21(30)14-24-22(31)20-16-29(26-25-20)15-17-4-2-1-3-5-17/h1-9,16H,10-15H2,(H,24,31). The third-order valence-electron chi connectivity index (χ3n) is 5.18. The molecule has 2 aromatic carbocycles. The lowest BCUT2D eigenvalue weighted by molar-refractivity contribution is -0.130. The van der Waals surface area contributed by atoms with Gasteiger partial charge < -0.3 is 15.1 Å². The number of carbonyl (C=O) groups is 2. The topological polar surface area (TPSA) is 83.4 Å². The molecule has 1 aromatic heterocycles. The summed E-state index contributed by atoms with van der Waals surface area (Å²) < 4.78 is 1.60. The van der Waals surface area contributed by atoms with Gasteiger partial charge in [0.15, 0.2) is 5.69 Å². The maximum atomic E-state index is 12.5. The first kappa shape index (κ1) is 20.9. The first-order valence-electron chi connectivity index (χ1n) is 10.1. The Bertz CT molecular complexity index is 1030. The molecule has 0 saturated carbocycles. The Morgan fingerprint density at radius 1 is 0.968 bits per heavy atom. The second-order valence-electron chi connectivity index (χ2n) is 7.31. The normalized spacial score (nSPS) is 13.8. The minimum atomic E-state index is -0.410. The van der Waals surface area contributed by atoms with Crippen LogP contribution in [0.4, 0.5) is 5.69 Å². The van der Waals surface area contributed by atoms with E-state index in [0.717, 1.165) is 24.3 Å². The number of halogens is 1. The van der Waals surface area contributed by atoms with Crippen molar-refractivity contribution < 1.29 is 9.59 Å². The number of benzene rings is 2. The van der Waals surface area contributed by atoms with E-state index in [0.29, 0.717) is 24.7 Å². The third kappa shape index (κ3) is 5.40. The van der Waals surface area contributed by atoms with Crippen molar-refractivity contribution in [1.82, 2.24) is 25.2 Å². The van der Waals surface area contributed by atoms with E-state index < -0.39 is 5.91 Å². The molecule has 31 heavy (non-hydrogen) atoms. The molecule has 2 amide bonds. The second-order valence-corrected chi connectivity index (χ2v) is 7.75. The Labute approximate surface area is 185 Å². The van der Waals surface area contributed by atoms with Crippen molar-refractivity contribution in [3.8, 4) is 0 Å². The molecule has 0 spiro atoms. The van der Waals surface area contributed by atoms with Gasteiger partial charge in [-0.1, -0.05) is 47.1 Å². The number of nitrogens with zero attached hydrogens (tertiary/aromatic N) is 5. The van der Waals surface area contributed by atoms with Crippen molar-refractivity contribution in [3.05, 3.63) is 77.1 Å². The molecule has 0 unspecified atom stereocenters. The molecular weight excluding hydrogens is 416 g/mol. The smallest absolute Gasteiger partial charge is 0.273 e. The van der Waals surface area contributed by atoms with Gasteiger partial charge in [-0.15, -0.1) is 5.10 Å². The van der Waals surface area contributed by atoms with Crippen LogP contribution < -0.4 is 10.2 Å².